The highest BCUT2D eigenvalue weighted by molar-refractivity contribution is 6.00. The monoisotopic (exact) mass is 573 g/mol. The van der Waals surface area contributed by atoms with E-state index in [1.54, 1.807) is 57.4 Å². The molecule has 0 bridgehead atoms. The average molecular weight is 574 g/mol. The molecule has 0 saturated carbocycles. The number of carbonyl (C=O) groups is 4. The van der Waals surface area contributed by atoms with E-state index in [4.69, 9.17) is 9.47 Å². The van der Waals surface area contributed by atoms with Gasteiger partial charge in [-0.3, -0.25) is 19.2 Å². The number of aromatic hydroxyl groups is 1. The first-order valence-electron chi connectivity index (χ1n) is 13.7. The summed E-state index contributed by atoms with van der Waals surface area (Å²) in [7, 11) is 1.55. The zero-order valence-electron chi connectivity index (χ0n) is 24.0. The van der Waals surface area contributed by atoms with Crippen molar-refractivity contribution in [2.75, 3.05) is 12.4 Å². The zero-order chi connectivity index (χ0) is 30.4. The second-order valence-electron chi connectivity index (χ2n) is 10.6. The maximum Gasteiger partial charge on any atom is 0.311 e. The smallest absolute Gasteiger partial charge is 0.311 e. The van der Waals surface area contributed by atoms with Crippen molar-refractivity contribution in [2.45, 2.75) is 51.8 Å². The van der Waals surface area contributed by atoms with Gasteiger partial charge in [0.05, 0.1) is 20.0 Å². The lowest BCUT2D eigenvalue weighted by Crippen LogP contribution is -2.55. The number of methoxy groups -OCH3 is 1. The van der Waals surface area contributed by atoms with Crippen LogP contribution in [-0.4, -0.2) is 48.1 Å². The van der Waals surface area contributed by atoms with Crippen molar-refractivity contribution in [3.8, 4) is 11.5 Å². The van der Waals surface area contributed by atoms with E-state index in [0.717, 1.165) is 11.1 Å². The summed E-state index contributed by atoms with van der Waals surface area (Å²) in [6.45, 7) is 5.50. The van der Waals surface area contributed by atoms with Crippen LogP contribution in [0.3, 0.4) is 0 Å². The lowest BCUT2D eigenvalue weighted by atomic mass is 9.93. The molecule has 4 rings (SSSR count). The number of hydrogen-bond donors (Lipinski definition) is 4. The number of phenols is 1. The van der Waals surface area contributed by atoms with Crippen molar-refractivity contribution in [2.24, 2.45) is 5.92 Å². The molecule has 0 spiro atoms. The van der Waals surface area contributed by atoms with Gasteiger partial charge in [0.2, 0.25) is 17.9 Å². The second kappa shape index (κ2) is 13.2. The number of hydrogen-bond acceptors (Lipinski definition) is 7. The minimum atomic E-state index is -1.41. The zero-order valence-corrected chi connectivity index (χ0v) is 24.0. The van der Waals surface area contributed by atoms with E-state index in [1.165, 1.54) is 18.2 Å². The Bertz CT molecular complexity index is 1450. The van der Waals surface area contributed by atoms with Gasteiger partial charge in [-0.1, -0.05) is 55.8 Å². The number of anilines is 1. The molecule has 4 N–H and O–H groups in total. The standard InChI is InChI=1S/C32H35N3O7/c1-18(2)28(34-26(37)15-20-9-12-23(41-4)13-10-20)31(39)35-29-24-17-22(36)11-14-25(24)33-32(40)30(29)42-27(38)16-21-7-5-19(3)6-8-21/h5-14,17-18,28-30,36H,15-16H2,1-4H3,(H,33,40)(H,34,37)(H,35,39)/t28-,29-,30+/m0/s1. The van der Waals surface area contributed by atoms with Gasteiger partial charge in [-0.25, -0.2) is 0 Å². The van der Waals surface area contributed by atoms with Gasteiger partial charge in [0.15, 0.2) is 0 Å². The Morgan fingerprint density at radius 1 is 0.952 bits per heavy atom. The minimum absolute atomic E-state index is 0.0439. The quantitative estimate of drug-likeness (QED) is 0.215. The molecular weight excluding hydrogens is 538 g/mol. The van der Waals surface area contributed by atoms with Gasteiger partial charge in [0.1, 0.15) is 23.6 Å². The molecule has 3 aromatic carbocycles. The van der Waals surface area contributed by atoms with Crippen molar-refractivity contribution in [3.05, 3.63) is 89.0 Å². The summed E-state index contributed by atoms with van der Waals surface area (Å²) in [5.74, 6) is -1.96. The summed E-state index contributed by atoms with van der Waals surface area (Å²) in [4.78, 5) is 52.5. The maximum absolute atomic E-state index is 13.6. The van der Waals surface area contributed by atoms with Crippen LogP contribution in [-0.2, 0) is 36.8 Å². The molecule has 220 valence electrons. The minimum Gasteiger partial charge on any atom is -0.508 e. The highest BCUT2D eigenvalue weighted by Crippen LogP contribution is 2.35. The number of aryl methyl sites for hydroxylation is 1. The predicted molar refractivity (Wildman–Crippen MR) is 156 cm³/mol. The van der Waals surface area contributed by atoms with Gasteiger partial charge in [-0.05, 0) is 54.3 Å². The molecule has 3 aromatic rings. The Kier molecular flexibility index (Phi) is 9.46. The number of amides is 3. The number of nitrogens with one attached hydrogen (secondary N) is 3. The number of benzene rings is 3. The number of carbonyl (C=O) groups excluding carboxylic acids is 4. The molecule has 10 heteroatoms. The maximum atomic E-state index is 13.6. The molecule has 0 fully saturated rings. The highest BCUT2D eigenvalue weighted by Gasteiger charge is 2.41. The third kappa shape index (κ3) is 7.45. The number of rotatable bonds is 10. The Hall–Kier alpha value is -4.86. The Labute approximate surface area is 244 Å². The first-order chi connectivity index (χ1) is 20.0. The van der Waals surface area contributed by atoms with Crippen LogP contribution in [0, 0.1) is 12.8 Å². The van der Waals surface area contributed by atoms with Crippen LogP contribution in [0.15, 0.2) is 66.7 Å². The topological polar surface area (TPSA) is 143 Å². The number of ether oxygens (including phenoxy) is 2. The van der Waals surface area contributed by atoms with Crippen LogP contribution in [0.5, 0.6) is 11.5 Å². The van der Waals surface area contributed by atoms with Crippen molar-refractivity contribution in [3.63, 3.8) is 0 Å². The molecule has 0 aromatic heterocycles. The van der Waals surface area contributed by atoms with Crippen LogP contribution >= 0.6 is 0 Å². The molecule has 0 radical (unpaired) electrons. The summed E-state index contributed by atoms with van der Waals surface area (Å²) >= 11 is 0. The van der Waals surface area contributed by atoms with E-state index in [0.29, 0.717) is 22.6 Å². The molecule has 42 heavy (non-hydrogen) atoms. The van der Waals surface area contributed by atoms with E-state index < -0.39 is 36.0 Å². The van der Waals surface area contributed by atoms with Gasteiger partial charge in [0.25, 0.3) is 5.91 Å². The molecule has 0 saturated heterocycles. The van der Waals surface area contributed by atoms with Gasteiger partial charge in [-0.2, -0.15) is 0 Å². The van der Waals surface area contributed by atoms with Crippen LogP contribution in [0.1, 0.15) is 42.1 Å². The Morgan fingerprint density at radius 3 is 2.24 bits per heavy atom. The lowest BCUT2D eigenvalue weighted by Gasteiger charge is -2.34. The molecule has 3 atom stereocenters. The largest absolute Gasteiger partial charge is 0.508 e. The summed E-state index contributed by atoms with van der Waals surface area (Å²) in [6, 6.07) is 16.6. The normalized spacial score (nSPS) is 16.5. The molecule has 0 unspecified atom stereocenters. The van der Waals surface area contributed by atoms with Crippen molar-refractivity contribution >= 4 is 29.4 Å². The Balaban J connectivity index is 1.53. The molecule has 0 aliphatic carbocycles. The van der Waals surface area contributed by atoms with Crippen LogP contribution in [0.2, 0.25) is 0 Å². The molecule has 1 aliphatic heterocycles. The van der Waals surface area contributed by atoms with Crippen LogP contribution in [0.4, 0.5) is 5.69 Å². The van der Waals surface area contributed by atoms with Gasteiger partial charge in [-0.15, -0.1) is 0 Å². The summed E-state index contributed by atoms with van der Waals surface area (Å²) < 4.78 is 10.8. The van der Waals surface area contributed by atoms with Crippen molar-refractivity contribution in [1.29, 1.82) is 0 Å². The number of phenolic OH excluding ortho intramolecular Hbond substituents is 1. The van der Waals surface area contributed by atoms with E-state index >= 15 is 0 Å². The third-order valence-electron chi connectivity index (χ3n) is 7.00. The fourth-order valence-electron chi connectivity index (χ4n) is 4.70. The van der Waals surface area contributed by atoms with E-state index in [9.17, 15) is 24.3 Å². The molecular formula is C32H35N3O7. The van der Waals surface area contributed by atoms with Gasteiger partial charge in [0, 0.05) is 11.3 Å². The van der Waals surface area contributed by atoms with Gasteiger partial charge >= 0.3 is 5.97 Å². The van der Waals surface area contributed by atoms with Crippen LogP contribution < -0.4 is 20.7 Å². The van der Waals surface area contributed by atoms with E-state index in [2.05, 4.69) is 16.0 Å². The van der Waals surface area contributed by atoms with E-state index in [1.807, 2.05) is 19.1 Å². The highest BCUT2D eigenvalue weighted by atomic mass is 16.5. The number of esters is 1. The van der Waals surface area contributed by atoms with Crippen molar-refractivity contribution < 1.29 is 33.8 Å². The fourth-order valence-corrected chi connectivity index (χ4v) is 4.70. The number of fused-ring (bicyclic) bond motifs is 1. The third-order valence-corrected chi connectivity index (χ3v) is 7.00. The summed E-state index contributed by atoms with van der Waals surface area (Å²) in [5, 5.41) is 18.5. The predicted octanol–water partition coefficient (Wildman–Crippen LogP) is 3.36. The van der Waals surface area contributed by atoms with E-state index in [-0.39, 0.29) is 30.4 Å². The van der Waals surface area contributed by atoms with Crippen LogP contribution in [0.25, 0.3) is 0 Å². The van der Waals surface area contributed by atoms with Crippen molar-refractivity contribution in [1.82, 2.24) is 10.6 Å². The summed E-state index contributed by atoms with van der Waals surface area (Å²) in [6.07, 6.45) is -1.44. The SMILES string of the molecule is COc1ccc(CC(=O)N[C@H](C(=O)N[C@H]2c3cc(O)ccc3NC(=O)[C@@H]2OC(=O)Cc2ccc(C)cc2)C(C)C)cc1. The Morgan fingerprint density at radius 2 is 1.60 bits per heavy atom. The first-order valence-corrected chi connectivity index (χ1v) is 13.7. The molecule has 10 nitrogen and oxygen atoms in total. The molecule has 1 aliphatic rings. The average Bonchev–Trinajstić information content (AvgIpc) is 2.95. The lowest BCUT2D eigenvalue weighted by molar-refractivity contribution is -0.156. The first kappa shape index (κ1) is 30.1. The summed E-state index contributed by atoms with van der Waals surface area (Å²) in [5.41, 5.74) is 3.21. The van der Waals surface area contributed by atoms with Gasteiger partial charge < -0.3 is 30.5 Å². The second-order valence-corrected chi connectivity index (χ2v) is 10.6. The fraction of sp³-hybridized carbons (Fsp3) is 0.312. The molecule has 3 amide bonds. The molecule has 1 heterocycles.